The summed E-state index contributed by atoms with van der Waals surface area (Å²) < 4.78 is 0.854. The van der Waals surface area contributed by atoms with Gasteiger partial charge in [0.25, 0.3) is 0 Å². The van der Waals surface area contributed by atoms with Gasteiger partial charge in [-0.25, -0.2) is 0 Å². The van der Waals surface area contributed by atoms with Gasteiger partial charge in [-0.1, -0.05) is 11.6 Å². The van der Waals surface area contributed by atoms with Crippen LogP contribution in [0.4, 0.5) is 5.69 Å². The Kier molecular flexibility index (Phi) is 5.66. The van der Waals surface area contributed by atoms with Crippen LogP contribution in [0.25, 0.3) is 0 Å². The van der Waals surface area contributed by atoms with Crippen LogP contribution in [-0.4, -0.2) is 17.9 Å². The minimum Gasteiger partial charge on any atom is -0.325 e. The molecule has 0 saturated heterocycles. The minimum atomic E-state index is 0.00923. The number of hydrogen-bond donors (Lipinski definition) is 1. The number of halogens is 2. The van der Waals surface area contributed by atoms with Crippen LogP contribution in [0.1, 0.15) is 12.0 Å². The van der Waals surface area contributed by atoms with Crippen LogP contribution < -0.4 is 5.32 Å². The van der Waals surface area contributed by atoms with E-state index < -0.39 is 0 Å². The lowest BCUT2D eigenvalue weighted by Gasteiger charge is -2.09. The fourth-order valence-electron chi connectivity index (χ4n) is 1.15. The summed E-state index contributed by atoms with van der Waals surface area (Å²) in [5.74, 6) is 0.832. The quantitative estimate of drug-likeness (QED) is 0.904. The van der Waals surface area contributed by atoms with Crippen molar-refractivity contribution < 1.29 is 4.79 Å². The van der Waals surface area contributed by atoms with Gasteiger partial charge in [0.2, 0.25) is 5.91 Å². The number of carbonyl (C=O) groups is 1. The first-order valence-corrected chi connectivity index (χ1v) is 7.35. The molecule has 0 bridgehead atoms. The Hall–Kier alpha value is -0.190. The Morgan fingerprint density at radius 2 is 2.25 bits per heavy atom. The van der Waals surface area contributed by atoms with E-state index in [2.05, 4.69) is 21.2 Å². The lowest BCUT2D eigenvalue weighted by Crippen LogP contribution is -2.12. The Bertz CT molecular complexity index is 398. The van der Waals surface area contributed by atoms with Crippen LogP contribution in [0.5, 0.6) is 0 Å². The number of benzene rings is 1. The highest BCUT2D eigenvalue weighted by Gasteiger charge is 2.07. The van der Waals surface area contributed by atoms with Crippen LogP contribution in [0, 0.1) is 6.92 Å². The van der Waals surface area contributed by atoms with Crippen LogP contribution in [0.3, 0.4) is 0 Å². The van der Waals surface area contributed by atoms with Gasteiger partial charge in [-0.2, -0.15) is 11.8 Å². The number of aryl methyl sites for hydroxylation is 1. The molecule has 0 aliphatic carbocycles. The molecule has 0 fully saturated rings. The summed E-state index contributed by atoms with van der Waals surface area (Å²) in [4.78, 5) is 11.5. The van der Waals surface area contributed by atoms with Crippen molar-refractivity contribution in [1.82, 2.24) is 0 Å². The van der Waals surface area contributed by atoms with E-state index in [1.165, 1.54) is 0 Å². The second kappa shape index (κ2) is 6.52. The lowest BCUT2D eigenvalue weighted by atomic mass is 10.2. The second-order valence-corrected chi connectivity index (χ2v) is 5.62. The van der Waals surface area contributed by atoms with Gasteiger partial charge < -0.3 is 5.32 Å². The van der Waals surface area contributed by atoms with Gasteiger partial charge in [0.15, 0.2) is 0 Å². The molecule has 16 heavy (non-hydrogen) atoms. The summed E-state index contributed by atoms with van der Waals surface area (Å²) >= 11 is 11.0. The van der Waals surface area contributed by atoms with Crippen molar-refractivity contribution in [2.24, 2.45) is 0 Å². The number of anilines is 1. The molecule has 0 atom stereocenters. The summed E-state index contributed by atoms with van der Waals surface area (Å²) in [6.07, 6.45) is 2.49. The van der Waals surface area contributed by atoms with E-state index in [4.69, 9.17) is 11.6 Å². The SMILES string of the molecule is CSCCC(=O)Nc1cc(Cl)c(C)cc1Br. The van der Waals surface area contributed by atoms with E-state index in [0.717, 1.165) is 21.5 Å². The normalized spacial score (nSPS) is 10.2. The number of thioether (sulfide) groups is 1. The zero-order chi connectivity index (χ0) is 12.1. The van der Waals surface area contributed by atoms with Gasteiger partial charge in [-0.15, -0.1) is 0 Å². The molecule has 1 rings (SSSR count). The molecule has 0 aliphatic heterocycles. The molecule has 5 heteroatoms. The molecule has 0 spiro atoms. The van der Waals surface area contributed by atoms with Crippen LogP contribution >= 0.6 is 39.3 Å². The Balaban J connectivity index is 2.73. The molecule has 0 unspecified atom stereocenters. The molecule has 0 heterocycles. The largest absolute Gasteiger partial charge is 0.325 e. The topological polar surface area (TPSA) is 29.1 Å². The summed E-state index contributed by atoms with van der Waals surface area (Å²) in [5.41, 5.74) is 1.71. The van der Waals surface area contributed by atoms with Crippen LogP contribution in [0.2, 0.25) is 5.02 Å². The predicted octanol–water partition coefficient (Wildman–Crippen LogP) is 4.10. The molecule has 0 saturated carbocycles. The maximum Gasteiger partial charge on any atom is 0.225 e. The second-order valence-electron chi connectivity index (χ2n) is 3.37. The van der Waals surface area contributed by atoms with E-state index in [9.17, 15) is 4.79 Å². The van der Waals surface area contributed by atoms with Crippen LogP contribution in [-0.2, 0) is 4.79 Å². The Labute approximate surface area is 113 Å². The zero-order valence-corrected chi connectivity index (χ0v) is 12.3. The van der Waals surface area contributed by atoms with Gasteiger partial charge in [0.1, 0.15) is 0 Å². The molecule has 2 nitrogen and oxygen atoms in total. The summed E-state index contributed by atoms with van der Waals surface area (Å²) in [5, 5.41) is 3.49. The number of rotatable bonds is 4. The van der Waals surface area contributed by atoms with E-state index in [1.54, 1.807) is 17.8 Å². The number of amides is 1. The maximum atomic E-state index is 11.5. The number of nitrogens with one attached hydrogen (secondary N) is 1. The molecule has 0 aliphatic rings. The molecule has 88 valence electrons. The van der Waals surface area contributed by atoms with Gasteiger partial charge in [0.05, 0.1) is 5.69 Å². The maximum absolute atomic E-state index is 11.5. The first-order valence-electron chi connectivity index (χ1n) is 4.79. The van der Waals surface area contributed by atoms with E-state index >= 15 is 0 Å². The van der Waals surface area contributed by atoms with Crippen molar-refractivity contribution in [3.63, 3.8) is 0 Å². The first kappa shape index (κ1) is 13.9. The average molecular weight is 323 g/mol. The third kappa shape index (κ3) is 4.00. The first-order chi connectivity index (χ1) is 7.54. The summed E-state index contributed by atoms with van der Waals surface area (Å²) in [6, 6.07) is 3.66. The van der Waals surface area contributed by atoms with Crippen molar-refractivity contribution in [3.8, 4) is 0 Å². The van der Waals surface area contributed by atoms with Crippen molar-refractivity contribution in [1.29, 1.82) is 0 Å². The van der Waals surface area contributed by atoms with E-state index in [0.29, 0.717) is 11.4 Å². The third-order valence-corrected chi connectivity index (χ3v) is 3.73. The minimum absolute atomic E-state index is 0.00923. The highest BCUT2D eigenvalue weighted by molar-refractivity contribution is 9.10. The molecule has 0 aromatic heterocycles. The van der Waals surface area contributed by atoms with Crippen molar-refractivity contribution >= 4 is 50.9 Å². The Morgan fingerprint density at radius 3 is 2.88 bits per heavy atom. The molecule has 1 aromatic carbocycles. The smallest absolute Gasteiger partial charge is 0.225 e. The van der Waals surface area contributed by atoms with Gasteiger partial charge >= 0.3 is 0 Å². The molecule has 0 radical (unpaired) electrons. The van der Waals surface area contributed by atoms with E-state index in [-0.39, 0.29) is 5.91 Å². The Morgan fingerprint density at radius 1 is 1.56 bits per heavy atom. The zero-order valence-electron chi connectivity index (χ0n) is 9.14. The lowest BCUT2D eigenvalue weighted by molar-refractivity contribution is -0.115. The summed E-state index contributed by atoms with van der Waals surface area (Å²) in [7, 11) is 0. The van der Waals surface area contributed by atoms with Gasteiger partial charge in [0, 0.05) is 21.7 Å². The number of hydrogen-bond acceptors (Lipinski definition) is 2. The van der Waals surface area contributed by atoms with Crippen molar-refractivity contribution in [2.75, 3.05) is 17.3 Å². The standard InChI is InChI=1S/C11H13BrClNOS/c1-7-5-8(12)10(6-9(7)13)14-11(15)3-4-16-2/h5-6H,3-4H2,1-2H3,(H,14,15). The van der Waals surface area contributed by atoms with Crippen molar-refractivity contribution in [3.05, 3.63) is 27.2 Å². The molecular formula is C11H13BrClNOS. The van der Waals surface area contributed by atoms with Gasteiger partial charge in [-0.05, 0) is 46.8 Å². The molecular weight excluding hydrogens is 310 g/mol. The molecule has 1 N–H and O–H groups in total. The third-order valence-electron chi connectivity index (χ3n) is 2.06. The van der Waals surface area contributed by atoms with Crippen LogP contribution in [0.15, 0.2) is 16.6 Å². The molecule has 1 aromatic rings. The monoisotopic (exact) mass is 321 g/mol. The predicted molar refractivity (Wildman–Crippen MR) is 75.5 cm³/mol. The molecule has 1 amide bonds. The van der Waals surface area contributed by atoms with Gasteiger partial charge in [-0.3, -0.25) is 4.79 Å². The summed E-state index contributed by atoms with van der Waals surface area (Å²) in [6.45, 7) is 1.92. The fraction of sp³-hybridized carbons (Fsp3) is 0.364. The van der Waals surface area contributed by atoms with E-state index in [1.807, 2.05) is 19.2 Å². The van der Waals surface area contributed by atoms with Crippen molar-refractivity contribution in [2.45, 2.75) is 13.3 Å². The average Bonchev–Trinajstić information content (AvgIpc) is 2.23. The number of carbonyl (C=O) groups excluding carboxylic acids is 1. The highest BCUT2D eigenvalue weighted by Crippen LogP contribution is 2.29. The fourth-order valence-corrected chi connectivity index (χ4v) is 2.26. The highest BCUT2D eigenvalue weighted by atomic mass is 79.9.